The number of aromatic amines is 1. The highest BCUT2D eigenvalue weighted by Crippen LogP contribution is 2.27. The number of halogens is 1. The number of nitrogens with zero attached hydrogens (tertiary/aromatic N) is 3. The second kappa shape index (κ2) is 8.37. The number of rotatable bonds is 4. The average Bonchev–Trinajstić information content (AvgIpc) is 3.25. The number of pyridine rings is 2. The van der Waals surface area contributed by atoms with Crippen molar-refractivity contribution in [3.05, 3.63) is 64.7 Å². The molecule has 0 aromatic carbocycles. The molecule has 4 rings (SSSR count). The van der Waals surface area contributed by atoms with Gasteiger partial charge in [0.25, 0.3) is 5.91 Å². The number of amides is 1. The van der Waals surface area contributed by atoms with Crippen LogP contribution < -0.4 is 5.32 Å². The smallest absolute Gasteiger partial charge is 0.273 e. The number of carbonyl (C=O) groups excluding carboxylic acids is 1. The summed E-state index contributed by atoms with van der Waals surface area (Å²) in [5, 5.41) is 3.49. The summed E-state index contributed by atoms with van der Waals surface area (Å²) in [6.07, 6.45) is 7.33. The molecular formula is C22H24BrN5O. The van der Waals surface area contributed by atoms with Crippen LogP contribution in [0.4, 0.5) is 5.82 Å². The Labute approximate surface area is 178 Å². The van der Waals surface area contributed by atoms with Gasteiger partial charge in [0.1, 0.15) is 11.5 Å². The first-order valence-electron chi connectivity index (χ1n) is 9.82. The van der Waals surface area contributed by atoms with Crippen LogP contribution in [0.3, 0.4) is 0 Å². The Kier molecular flexibility index (Phi) is 5.67. The first-order chi connectivity index (χ1) is 14.0. The van der Waals surface area contributed by atoms with E-state index in [2.05, 4.69) is 43.1 Å². The van der Waals surface area contributed by atoms with E-state index in [4.69, 9.17) is 0 Å². The summed E-state index contributed by atoms with van der Waals surface area (Å²) in [4.78, 5) is 27.5. The molecule has 6 nitrogen and oxygen atoms in total. The zero-order valence-electron chi connectivity index (χ0n) is 16.5. The highest BCUT2D eigenvalue weighted by Gasteiger charge is 2.33. The molecule has 7 heteroatoms. The number of H-pyrrole nitrogens is 1. The van der Waals surface area contributed by atoms with Gasteiger partial charge in [-0.25, -0.2) is 4.98 Å². The molecule has 29 heavy (non-hydrogen) atoms. The normalized spacial score (nSPS) is 19.2. The van der Waals surface area contributed by atoms with Gasteiger partial charge in [-0.1, -0.05) is 0 Å². The van der Waals surface area contributed by atoms with E-state index >= 15 is 0 Å². The van der Waals surface area contributed by atoms with Gasteiger partial charge in [-0.05, 0) is 78.5 Å². The van der Waals surface area contributed by atoms with E-state index in [1.807, 2.05) is 48.4 Å². The molecule has 1 fully saturated rings. The Bertz CT molecular complexity index is 987. The summed E-state index contributed by atoms with van der Waals surface area (Å²) >= 11 is 3.41. The fraction of sp³-hybridized carbons (Fsp3) is 0.318. The summed E-state index contributed by atoms with van der Waals surface area (Å²) in [5.41, 5.74) is 3.27. The highest BCUT2D eigenvalue weighted by atomic mass is 79.9. The molecule has 0 saturated carbocycles. The van der Waals surface area contributed by atoms with Gasteiger partial charge in [-0.15, -0.1) is 0 Å². The minimum atomic E-state index is -0.0302. The number of hydrogen-bond donors (Lipinski definition) is 2. The molecule has 3 aromatic rings. The largest absolute Gasteiger partial charge is 0.365 e. The van der Waals surface area contributed by atoms with Crippen molar-refractivity contribution in [2.75, 3.05) is 11.9 Å². The van der Waals surface area contributed by atoms with Gasteiger partial charge in [0.15, 0.2) is 0 Å². The van der Waals surface area contributed by atoms with Crippen LogP contribution in [0.2, 0.25) is 0 Å². The number of likely N-dealkylation sites (tertiary alicyclic amines) is 1. The molecule has 1 aliphatic rings. The van der Waals surface area contributed by atoms with Gasteiger partial charge in [0.2, 0.25) is 0 Å². The molecule has 1 saturated heterocycles. The number of nitrogens with one attached hydrogen (secondary N) is 2. The topological polar surface area (TPSA) is 73.9 Å². The minimum absolute atomic E-state index is 0.0290. The van der Waals surface area contributed by atoms with Gasteiger partial charge in [-0.2, -0.15) is 0 Å². The molecule has 0 unspecified atom stereocenters. The van der Waals surface area contributed by atoms with E-state index in [9.17, 15) is 4.79 Å². The van der Waals surface area contributed by atoms with E-state index in [0.29, 0.717) is 5.69 Å². The van der Waals surface area contributed by atoms with Gasteiger partial charge in [0, 0.05) is 52.9 Å². The molecule has 0 radical (unpaired) electrons. The lowest BCUT2D eigenvalue weighted by Crippen LogP contribution is -2.52. The van der Waals surface area contributed by atoms with Crippen LogP contribution >= 0.6 is 15.9 Å². The average molecular weight is 454 g/mol. The fourth-order valence-electron chi connectivity index (χ4n) is 3.85. The Hall–Kier alpha value is -2.67. The third-order valence-electron chi connectivity index (χ3n) is 5.42. The first kappa shape index (κ1) is 19.6. The Morgan fingerprint density at radius 1 is 1.28 bits per heavy atom. The maximum Gasteiger partial charge on any atom is 0.273 e. The first-order valence-corrected chi connectivity index (χ1v) is 10.6. The Morgan fingerprint density at radius 2 is 2.14 bits per heavy atom. The zero-order valence-corrected chi connectivity index (χ0v) is 18.1. The van der Waals surface area contributed by atoms with Crippen molar-refractivity contribution in [3.63, 3.8) is 0 Å². The Balaban J connectivity index is 1.58. The molecule has 0 bridgehead atoms. The molecule has 1 aliphatic heterocycles. The van der Waals surface area contributed by atoms with E-state index in [1.54, 1.807) is 12.4 Å². The predicted molar refractivity (Wildman–Crippen MR) is 118 cm³/mol. The van der Waals surface area contributed by atoms with Gasteiger partial charge in [-0.3, -0.25) is 9.78 Å². The number of carbonyl (C=O) groups is 1. The van der Waals surface area contributed by atoms with Crippen molar-refractivity contribution >= 4 is 27.7 Å². The molecule has 0 spiro atoms. The number of piperidine rings is 1. The highest BCUT2D eigenvalue weighted by molar-refractivity contribution is 9.10. The van der Waals surface area contributed by atoms with Crippen molar-refractivity contribution in [2.24, 2.45) is 0 Å². The predicted octanol–water partition coefficient (Wildman–Crippen LogP) is 4.65. The SMILES string of the molecule is Cc1cnc(C(=O)N2CCC[C@@H](Nc3ccc(Br)cn3)[C@@H]2C)c(-c2ccc[nH]2)c1. The lowest BCUT2D eigenvalue weighted by molar-refractivity contribution is 0.0611. The third kappa shape index (κ3) is 4.19. The molecule has 3 aromatic heterocycles. The van der Waals surface area contributed by atoms with Gasteiger partial charge < -0.3 is 15.2 Å². The molecule has 150 valence electrons. The minimum Gasteiger partial charge on any atom is -0.365 e. The second-order valence-corrected chi connectivity index (χ2v) is 8.40. The van der Waals surface area contributed by atoms with Gasteiger partial charge >= 0.3 is 0 Å². The Morgan fingerprint density at radius 3 is 2.86 bits per heavy atom. The monoisotopic (exact) mass is 453 g/mol. The summed E-state index contributed by atoms with van der Waals surface area (Å²) in [5.74, 6) is 0.789. The van der Waals surface area contributed by atoms with Crippen molar-refractivity contribution < 1.29 is 4.79 Å². The van der Waals surface area contributed by atoms with E-state index in [1.165, 1.54) is 0 Å². The van der Waals surface area contributed by atoms with Crippen LogP contribution in [0, 0.1) is 6.92 Å². The number of aryl methyl sites for hydroxylation is 1. The van der Waals surface area contributed by atoms with E-state index in [0.717, 1.165) is 46.5 Å². The standard InChI is InChI=1S/C22H24BrN5O/c1-14-11-17(19-5-3-9-24-19)21(26-12-14)22(29)28-10-4-6-18(15(28)2)27-20-8-7-16(23)13-25-20/h3,5,7-9,11-13,15,18,24H,4,6,10H2,1-2H3,(H,25,27)/t15-,18+/m0/s1. The van der Waals surface area contributed by atoms with Crippen molar-refractivity contribution in [2.45, 2.75) is 38.8 Å². The summed E-state index contributed by atoms with van der Waals surface area (Å²) < 4.78 is 0.943. The lowest BCUT2D eigenvalue weighted by atomic mass is 9.96. The summed E-state index contributed by atoms with van der Waals surface area (Å²) in [6.45, 7) is 4.81. The fourth-order valence-corrected chi connectivity index (χ4v) is 4.09. The molecular weight excluding hydrogens is 430 g/mol. The molecule has 1 amide bonds. The van der Waals surface area contributed by atoms with Gasteiger partial charge in [0.05, 0.1) is 0 Å². The maximum atomic E-state index is 13.5. The lowest BCUT2D eigenvalue weighted by Gasteiger charge is -2.40. The quantitative estimate of drug-likeness (QED) is 0.602. The zero-order chi connectivity index (χ0) is 20.4. The number of hydrogen-bond acceptors (Lipinski definition) is 4. The summed E-state index contributed by atoms with van der Waals surface area (Å²) in [7, 11) is 0. The van der Waals surface area contributed by atoms with Crippen LogP contribution in [0.25, 0.3) is 11.3 Å². The van der Waals surface area contributed by atoms with Crippen molar-refractivity contribution in [1.29, 1.82) is 0 Å². The van der Waals surface area contributed by atoms with E-state index < -0.39 is 0 Å². The second-order valence-electron chi connectivity index (χ2n) is 7.49. The van der Waals surface area contributed by atoms with Crippen molar-refractivity contribution in [1.82, 2.24) is 19.9 Å². The molecule has 2 atom stereocenters. The number of anilines is 1. The number of aromatic nitrogens is 3. The molecule has 2 N–H and O–H groups in total. The molecule has 4 heterocycles. The maximum absolute atomic E-state index is 13.5. The molecule has 0 aliphatic carbocycles. The van der Waals surface area contributed by atoms with E-state index in [-0.39, 0.29) is 18.0 Å². The van der Waals surface area contributed by atoms with Crippen LogP contribution in [0.5, 0.6) is 0 Å². The van der Waals surface area contributed by atoms with Crippen molar-refractivity contribution in [3.8, 4) is 11.3 Å². The van der Waals surface area contributed by atoms with Crippen LogP contribution in [0.15, 0.2) is 53.4 Å². The van der Waals surface area contributed by atoms with Crippen LogP contribution in [-0.2, 0) is 0 Å². The van der Waals surface area contributed by atoms with Crippen LogP contribution in [0.1, 0.15) is 35.8 Å². The summed E-state index contributed by atoms with van der Waals surface area (Å²) in [6, 6.07) is 9.99. The third-order valence-corrected chi connectivity index (χ3v) is 5.89. The van der Waals surface area contributed by atoms with Crippen LogP contribution in [-0.4, -0.2) is 44.4 Å².